The summed E-state index contributed by atoms with van der Waals surface area (Å²) < 4.78 is 0. The summed E-state index contributed by atoms with van der Waals surface area (Å²) in [6.45, 7) is 4.48. The molecule has 1 fully saturated rings. The average molecular weight is 222 g/mol. The summed E-state index contributed by atoms with van der Waals surface area (Å²) in [5, 5.41) is 9.87. The number of hydrogen-bond donors (Lipinski definition) is 2. The Balaban J connectivity index is 1.94. The summed E-state index contributed by atoms with van der Waals surface area (Å²) in [5.41, 5.74) is 1.04. The molecule has 1 saturated heterocycles. The van der Waals surface area contributed by atoms with Gasteiger partial charge < -0.3 is 10.2 Å². The smallest absolute Gasteiger partial charge is 0.227 e. The monoisotopic (exact) mass is 222 g/mol. The summed E-state index contributed by atoms with van der Waals surface area (Å²) in [7, 11) is 1.85. The first-order valence-electron chi connectivity index (χ1n) is 5.62. The van der Waals surface area contributed by atoms with Crippen molar-refractivity contribution >= 4 is 5.91 Å². The Morgan fingerprint density at radius 3 is 3.00 bits per heavy atom. The van der Waals surface area contributed by atoms with Crippen LogP contribution in [-0.4, -0.2) is 41.1 Å². The Bertz CT molecular complexity index is 349. The maximum absolute atomic E-state index is 12.1. The maximum atomic E-state index is 12.1. The molecule has 1 aliphatic heterocycles. The number of amides is 1. The Hall–Kier alpha value is -1.36. The number of carbonyl (C=O) groups is 1. The molecule has 16 heavy (non-hydrogen) atoms. The number of nitrogens with zero attached hydrogens (tertiary/aromatic N) is 2. The molecule has 0 aliphatic carbocycles. The third-order valence-corrected chi connectivity index (χ3v) is 3.19. The van der Waals surface area contributed by atoms with Crippen LogP contribution in [-0.2, 0) is 11.3 Å². The predicted octanol–water partition coefficient (Wildman–Crippen LogP) is 0.224. The van der Waals surface area contributed by atoms with Crippen molar-refractivity contribution in [3.05, 3.63) is 18.0 Å². The fourth-order valence-electron chi connectivity index (χ4n) is 2.14. The second kappa shape index (κ2) is 4.65. The van der Waals surface area contributed by atoms with Gasteiger partial charge >= 0.3 is 0 Å². The van der Waals surface area contributed by atoms with E-state index in [1.54, 1.807) is 11.1 Å². The Kier molecular flexibility index (Phi) is 3.24. The Morgan fingerprint density at radius 2 is 2.44 bits per heavy atom. The largest absolute Gasteiger partial charge is 0.341 e. The normalized spacial score (nSPS) is 24.6. The number of aromatic nitrogens is 2. The lowest BCUT2D eigenvalue weighted by Crippen LogP contribution is -2.35. The van der Waals surface area contributed by atoms with E-state index in [0.717, 1.165) is 18.7 Å². The first kappa shape index (κ1) is 11.1. The van der Waals surface area contributed by atoms with Crippen molar-refractivity contribution in [2.45, 2.75) is 13.5 Å². The molecule has 2 atom stereocenters. The fourth-order valence-corrected chi connectivity index (χ4v) is 2.14. The van der Waals surface area contributed by atoms with Crippen LogP contribution in [0.15, 0.2) is 12.4 Å². The molecule has 0 saturated carbocycles. The van der Waals surface area contributed by atoms with Gasteiger partial charge in [0.25, 0.3) is 0 Å². The second-order valence-electron chi connectivity index (χ2n) is 4.54. The van der Waals surface area contributed by atoms with Crippen LogP contribution in [0.2, 0.25) is 0 Å². The van der Waals surface area contributed by atoms with E-state index in [0.29, 0.717) is 12.5 Å². The van der Waals surface area contributed by atoms with Gasteiger partial charge in [0.2, 0.25) is 5.91 Å². The molecular formula is C11H18N4O. The molecule has 2 heterocycles. The van der Waals surface area contributed by atoms with Crippen molar-refractivity contribution in [3.63, 3.8) is 0 Å². The molecule has 1 aromatic rings. The topological polar surface area (TPSA) is 61.0 Å². The van der Waals surface area contributed by atoms with Gasteiger partial charge in [-0.1, -0.05) is 6.92 Å². The molecule has 1 aliphatic rings. The number of H-pyrrole nitrogens is 1. The highest BCUT2D eigenvalue weighted by atomic mass is 16.2. The van der Waals surface area contributed by atoms with E-state index in [1.165, 1.54) is 0 Å². The van der Waals surface area contributed by atoms with Gasteiger partial charge in [-0.15, -0.1) is 0 Å². The highest BCUT2D eigenvalue weighted by Gasteiger charge is 2.31. The van der Waals surface area contributed by atoms with Gasteiger partial charge in [0, 0.05) is 31.9 Å². The van der Waals surface area contributed by atoms with Crippen LogP contribution in [0.4, 0.5) is 0 Å². The summed E-state index contributed by atoms with van der Waals surface area (Å²) in [6, 6.07) is 0. The summed E-state index contributed by atoms with van der Waals surface area (Å²) in [6.07, 6.45) is 3.57. The van der Waals surface area contributed by atoms with Crippen molar-refractivity contribution < 1.29 is 4.79 Å². The highest BCUT2D eigenvalue weighted by molar-refractivity contribution is 5.79. The zero-order chi connectivity index (χ0) is 11.5. The van der Waals surface area contributed by atoms with Gasteiger partial charge in [-0.3, -0.25) is 9.89 Å². The van der Waals surface area contributed by atoms with E-state index in [4.69, 9.17) is 0 Å². The minimum Gasteiger partial charge on any atom is -0.341 e. The summed E-state index contributed by atoms with van der Waals surface area (Å²) in [4.78, 5) is 13.9. The van der Waals surface area contributed by atoms with Gasteiger partial charge in [0.15, 0.2) is 0 Å². The van der Waals surface area contributed by atoms with Gasteiger partial charge in [-0.25, -0.2) is 0 Å². The number of nitrogens with one attached hydrogen (secondary N) is 2. The zero-order valence-electron chi connectivity index (χ0n) is 9.73. The standard InChI is InChI=1S/C11H18N4O/c1-8-3-12-6-10(8)11(16)15(2)7-9-4-13-14-5-9/h4-5,8,10,12H,3,6-7H2,1-2H3,(H,13,14)/t8-,10-/m1/s1. The van der Waals surface area contributed by atoms with Crippen molar-refractivity contribution in [2.75, 3.05) is 20.1 Å². The lowest BCUT2D eigenvalue weighted by atomic mass is 9.97. The molecule has 0 bridgehead atoms. The van der Waals surface area contributed by atoms with Crippen LogP contribution in [0.1, 0.15) is 12.5 Å². The molecule has 5 nitrogen and oxygen atoms in total. The molecule has 1 aromatic heterocycles. The number of hydrogen-bond acceptors (Lipinski definition) is 3. The quantitative estimate of drug-likeness (QED) is 0.769. The average Bonchev–Trinajstić information content (AvgIpc) is 2.88. The van der Waals surface area contributed by atoms with Crippen molar-refractivity contribution in [1.82, 2.24) is 20.4 Å². The minimum absolute atomic E-state index is 0.122. The van der Waals surface area contributed by atoms with E-state index < -0.39 is 0 Å². The van der Waals surface area contributed by atoms with Gasteiger partial charge in [-0.2, -0.15) is 5.10 Å². The van der Waals surface area contributed by atoms with Gasteiger partial charge in [0.05, 0.1) is 12.1 Å². The third kappa shape index (κ3) is 2.24. The van der Waals surface area contributed by atoms with E-state index in [2.05, 4.69) is 22.4 Å². The van der Waals surface area contributed by atoms with Crippen LogP contribution < -0.4 is 5.32 Å². The predicted molar refractivity (Wildman–Crippen MR) is 60.6 cm³/mol. The second-order valence-corrected chi connectivity index (χ2v) is 4.54. The molecule has 0 spiro atoms. The summed E-state index contributed by atoms with van der Waals surface area (Å²) >= 11 is 0. The third-order valence-electron chi connectivity index (χ3n) is 3.19. The number of carbonyl (C=O) groups excluding carboxylic acids is 1. The number of rotatable bonds is 3. The van der Waals surface area contributed by atoms with Crippen molar-refractivity contribution in [2.24, 2.45) is 11.8 Å². The van der Waals surface area contributed by atoms with E-state index in [-0.39, 0.29) is 11.8 Å². The van der Waals surface area contributed by atoms with Crippen LogP contribution in [0.25, 0.3) is 0 Å². The molecule has 0 radical (unpaired) electrons. The molecule has 2 N–H and O–H groups in total. The Morgan fingerprint density at radius 1 is 1.62 bits per heavy atom. The first-order chi connectivity index (χ1) is 7.68. The number of aromatic amines is 1. The maximum Gasteiger partial charge on any atom is 0.227 e. The molecule has 5 heteroatoms. The van der Waals surface area contributed by atoms with Crippen molar-refractivity contribution in [1.29, 1.82) is 0 Å². The van der Waals surface area contributed by atoms with Gasteiger partial charge in [0.1, 0.15) is 0 Å². The molecule has 0 aromatic carbocycles. The van der Waals surface area contributed by atoms with E-state index in [9.17, 15) is 4.79 Å². The van der Waals surface area contributed by atoms with Crippen LogP contribution in [0, 0.1) is 11.8 Å². The van der Waals surface area contributed by atoms with Crippen LogP contribution >= 0.6 is 0 Å². The molecule has 88 valence electrons. The highest BCUT2D eigenvalue weighted by Crippen LogP contribution is 2.18. The van der Waals surface area contributed by atoms with Crippen LogP contribution in [0.5, 0.6) is 0 Å². The molecule has 2 rings (SSSR count). The first-order valence-corrected chi connectivity index (χ1v) is 5.62. The van der Waals surface area contributed by atoms with Crippen LogP contribution in [0.3, 0.4) is 0 Å². The van der Waals surface area contributed by atoms with Crippen molar-refractivity contribution in [3.8, 4) is 0 Å². The molecule has 1 amide bonds. The van der Waals surface area contributed by atoms with Gasteiger partial charge in [-0.05, 0) is 12.5 Å². The van der Waals surface area contributed by atoms with E-state index in [1.807, 2.05) is 13.2 Å². The Labute approximate surface area is 95.2 Å². The minimum atomic E-state index is 0.122. The fraction of sp³-hybridized carbons (Fsp3) is 0.636. The lowest BCUT2D eigenvalue weighted by molar-refractivity contribution is -0.135. The molecular weight excluding hydrogens is 204 g/mol. The zero-order valence-corrected chi connectivity index (χ0v) is 9.73. The lowest BCUT2D eigenvalue weighted by Gasteiger charge is -2.22. The van der Waals surface area contributed by atoms with E-state index >= 15 is 0 Å². The SMILES string of the molecule is C[C@@H]1CNC[C@H]1C(=O)N(C)Cc1cn[nH]c1. The molecule has 0 unspecified atom stereocenters. The summed E-state index contributed by atoms with van der Waals surface area (Å²) in [5.74, 6) is 0.773.